The lowest BCUT2D eigenvalue weighted by molar-refractivity contribution is -0.142. The molecule has 648 valence electrons. The number of alkyl halides is 10. The zero-order chi connectivity index (χ0) is 89.5. The summed E-state index contributed by atoms with van der Waals surface area (Å²) in [5.74, 6) is -5.56. The quantitative estimate of drug-likeness (QED) is 0.0362. The van der Waals surface area contributed by atoms with E-state index in [9.17, 15) is 87.2 Å². The van der Waals surface area contributed by atoms with Crippen LogP contribution >= 0.6 is 23.2 Å². The second kappa shape index (κ2) is 31.4. The number of rotatable bonds is 22. The fourth-order valence-corrected chi connectivity index (χ4v) is 17.0. The number of amides is 2. The molecule has 2 amide bonds. The van der Waals surface area contributed by atoms with E-state index in [1.807, 2.05) is 0 Å². The first-order valence-electron chi connectivity index (χ1n) is 36.6. The summed E-state index contributed by atoms with van der Waals surface area (Å²) < 4.78 is 308. The van der Waals surface area contributed by atoms with Crippen LogP contribution in [0.25, 0.3) is 44.1 Å². The Labute approximate surface area is 697 Å². The maximum absolute atomic E-state index is 15.4. The van der Waals surface area contributed by atoms with E-state index in [-0.39, 0.29) is 101 Å². The molecule has 2 saturated carbocycles. The minimum atomic E-state index is -4.91. The van der Waals surface area contributed by atoms with Crippen LogP contribution in [0.2, 0.25) is 10.0 Å². The molecule has 14 rings (SSSR count). The largest absolute Gasteiger partial charge is 0.408 e. The highest BCUT2D eigenvalue weighted by molar-refractivity contribution is 7.93. The molecule has 10 aromatic rings. The second-order valence-electron chi connectivity index (χ2n) is 31.3. The highest BCUT2D eigenvalue weighted by atomic mass is 35.5. The van der Waals surface area contributed by atoms with Crippen molar-refractivity contribution in [2.45, 2.75) is 151 Å². The van der Waals surface area contributed by atoms with Crippen LogP contribution in [-0.2, 0) is 100 Å². The van der Waals surface area contributed by atoms with Crippen molar-refractivity contribution >= 4 is 108 Å². The average Bonchev–Trinajstić information content (AvgIpc) is 1.53. The van der Waals surface area contributed by atoms with Crippen LogP contribution in [0, 0.1) is 72.6 Å². The summed E-state index contributed by atoms with van der Waals surface area (Å²) in [6.07, 6.45) is -6.77. The summed E-state index contributed by atoms with van der Waals surface area (Å²) in [5, 5.41) is 20.7. The summed E-state index contributed by atoms with van der Waals surface area (Å²) in [6, 6.07) is 12.4. The number of nitrogens with zero attached hydrogens (tertiary/aromatic N) is 10. The number of halogens is 16. The van der Waals surface area contributed by atoms with Crippen molar-refractivity contribution in [2.75, 3.05) is 34.5 Å². The Morgan fingerprint density at radius 1 is 0.500 bits per heavy atom. The molecule has 0 bridgehead atoms. The number of hydrogen-bond donors (Lipinski definition) is 4. The van der Waals surface area contributed by atoms with Crippen molar-refractivity contribution in [3.63, 3.8) is 0 Å². The number of sulfone groups is 2. The van der Waals surface area contributed by atoms with Gasteiger partial charge in [0, 0.05) is 69.9 Å². The van der Waals surface area contributed by atoms with E-state index in [2.05, 4.69) is 74.1 Å². The topological polar surface area (TPSA) is 316 Å². The number of anilines is 2. The number of nitrogens with one attached hydrogen (secondary N) is 4. The first-order valence-corrected chi connectivity index (χ1v) is 44.9. The predicted octanol–water partition coefficient (Wildman–Crippen LogP) is 13.9. The molecular weight excluding hydrogens is 1760 g/mol. The molecule has 0 saturated heterocycles. The van der Waals surface area contributed by atoms with Gasteiger partial charge >= 0.3 is 12.4 Å². The van der Waals surface area contributed by atoms with Gasteiger partial charge in [-0.3, -0.25) is 37.8 Å². The van der Waals surface area contributed by atoms with Gasteiger partial charge in [0.25, 0.3) is 11.8 Å². The normalized spacial score (nSPS) is 17.7. The SMILES string of the molecule is Cc1nn(CC(=O)N[C@@H](Cc2cc(F)cc(F)c2)c2nc(C#CC(C)(C)S(C)(=O)=O)ccc2-c2ccc(Cl)c3c(NS(C)(=O)=O)nn(CC(F)(F)F)c23)c2c1[C@H]1C[C@H]1C2(F)F.Cc1nn(CC(=O)N[C@@H](Cc2cc(F)cc(F)c2)c2nc(C#CC(C)(C)S(C)(=O)=O)ccc2-c2ccc(Cl)c3c(NS(C)(=O)=O)nn(CC(F)(F)F)c23)c2c1[C@H]1C[C@H]1C2(F)F. The lowest BCUT2D eigenvalue weighted by Gasteiger charge is -2.23. The van der Waals surface area contributed by atoms with Gasteiger partial charge in [-0.1, -0.05) is 47.2 Å². The second-order valence-corrected chi connectivity index (χ2v) is 40.8. The molecule has 4 aliphatic carbocycles. The third-order valence-electron chi connectivity index (χ3n) is 21.0. The minimum Gasteiger partial charge on any atom is -0.346 e. The smallest absolute Gasteiger partial charge is 0.346 e. The Bertz CT molecular complexity index is 6240. The Kier molecular flexibility index (Phi) is 23.0. The van der Waals surface area contributed by atoms with Crippen LogP contribution in [0.15, 0.2) is 84.9 Å². The van der Waals surface area contributed by atoms with Crippen molar-refractivity contribution in [1.82, 2.24) is 59.7 Å². The number of pyridine rings is 2. The zero-order valence-corrected chi connectivity index (χ0v) is 70.2. The Morgan fingerprint density at radius 3 is 1.14 bits per heavy atom. The summed E-state index contributed by atoms with van der Waals surface area (Å²) in [5.41, 5.74) is -1.17. The molecule has 122 heavy (non-hydrogen) atoms. The summed E-state index contributed by atoms with van der Waals surface area (Å²) in [6.45, 7) is 3.46. The Hall–Kier alpha value is -10.4. The number of aryl methyl sites for hydroxylation is 2. The standard InChI is InChI=1S/2C39H35ClF7N7O5S2/c2*1-19-31-26-16-27(26)39(46,47)35(31)53(50-19)17-30(55)49-29(14-20-12-21(41)15-22(42)13-20)33-24(7-6-23(48-33)10-11-37(2,3)60(4,56)57)25-8-9-28(40)32-34(25)54(18-38(43,44)45)51-36(32)52-61(5,58)59/h2*6-9,12-13,15,26-27,29H,14,16-18H2,1-5H3,(H,49,55)(H,51,52)/t2*26-,27+,29-/m00/s1. The van der Waals surface area contributed by atoms with E-state index in [0.717, 1.165) is 58.7 Å². The first kappa shape index (κ1) is 89.4. The zero-order valence-electron chi connectivity index (χ0n) is 65.4. The van der Waals surface area contributed by atoms with Gasteiger partial charge in [0.2, 0.25) is 31.9 Å². The molecule has 44 heteroatoms. The van der Waals surface area contributed by atoms with E-state index in [1.165, 1.54) is 76.2 Å². The van der Waals surface area contributed by atoms with Gasteiger partial charge in [0.1, 0.15) is 81.7 Å². The number of benzene rings is 4. The van der Waals surface area contributed by atoms with E-state index in [4.69, 9.17) is 23.2 Å². The van der Waals surface area contributed by atoms with E-state index in [0.29, 0.717) is 44.0 Å². The summed E-state index contributed by atoms with van der Waals surface area (Å²) in [7, 11) is -15.8. The Morgan fingerprint density at radius 2 is 0.828 bits per heavy atom. The van der Waals surface area contributed by atoms with E-state index in [1.54, 1.807) is 13.8 Å². The monoisotopic (exact) mass is 1830 g/mol. The number of aromatic nitrogens is 10. The maximum Gasteiger partial charge on any atom is 0.408 e. The molecule has 0 radical (unpaired) electrons. The number of carbonyl (C=O) groups is 2. The third-order valence-corrected chi connectivity index (χ3v) is 26.7. The predicted molar refractivity (Wildman–Crippen MR) is 422 cm³/mol. The Balaban J connectivity index is 0.000000210. The number of hydrogen-bond acceptors (Lipinski definition) is 16. The van der Waals surface area contributed by atoms with Gasteiger partial charge < -0.3 is 10.6 Å². The molecule has 4 aliphatic rings. The van der Waals surface area contributed by atoms with E-state index >= 15 is 17.6 Å². The molecule has 6 aromatic heterocycles. The van der Waals surface area contributed by atoms with Crippen LogP contribution in [0.4, 0.5) is 73.1 Å². The molecule has 4 aromatic carbocycles. The lowest BCUT2D eigenvalue weighted by Crippen LogP contribution is -2.35. The maximum atomic E-state index is 15.4. The van der Waals surface area contributed by atoms with Gasteiger partial charge in [-0.25, -0.2) is 61.2 Å². The van der Waals surface area contributed by atoms with Crippen molar-refractivity contribution in [3.8, 4) is 45.9 Å². The molecule has 0 aliphatic heterocycles. The van der Waals surface area contributed by atoms with Crippen molar-refractivity contribution in [2.24, 2.45) is 11.8 Å². The van der Waals surface area contributed by atoms with Crippen LogP contribution in [0.5, 0.6) is 0 Å². The van der Waals surface area contributed by atoms with Crippen LogP contribution in [-0.4, -0.2) is 141 Å². The molecule has 4 N–H and O–H groups in total. The van der Waals surface area contributed by atoms with Crippen LogP contribution in [0.1, 0.15) is 132 Å². The molecule has 6 heterocycles. The van der Waals surface area contributed by atoms with Crippen LogP contribution in [0.3, 0.4) is 0 Å². The first-order chi connectivity index (χ1) is 56.3. The molecule has 2 fully saturated rings. The highest BCUT2D eigenvalue weighted by Crippen LogP contribution is 2.69. The average molecular weight is 1830 g/mol. The lowest BCUT2D eigenvalue weighted by atomic mass is 9.93. The number of carbonyl (C=O) groups excluding carboxylic acids is 2. The molecule has 24 nitrogen and oxygen atoms in total. The van der Waals surface area contributed by atoms with Crippen molar-refractivity contribution in [3.05, 3.63) is 186 Å². The minimum absolute atomic E-state index is 0.0456. The molecule has 0 spiro atoms. The van der Waals surface area contributed by atoms with Gasteiger partial charge in [-0.05, 0) is 163 Å². The number of fused-ring (bicyclic) bond motifs is 8. The highest BCUT2D eigenvalue weighted by Gasteiger charge is 2.67. The van der Waals surface area contributed by atoms with Crippen molar-refractivity contribution < 1.29 is 105 Å². The summed E-state index contributed by atoms with van der Waals surface area (Å²) >= 11 is 13.0. The molecular formula is C78H70Cl2F14N14O10S4. The fourth-order valence-electron chi connectivity index (χ4n) is 15.1. The third kappa shape index (κ3) is 18.6. The van der Waals surface area contributed by atoms with Crippen molar-refractivity contribution in [1.29, 1.82) is 0 Å². The van der Waals surface area contributed by atoms with Gasteiger partial charge in [-0.2, -0.15) is 64.3 Å². The van der Waals surface area contributed by atoms with Gasteiger partial charge in [0.05, 0.1) is 79.2 Å². The summed E-state index contributed by atoms with van der Waals surface area (Å²) in [4.78, 5) is 37.3. The molecule has 6 atom stereocenters. The van der Waals surface area contributed by atoms with Gasteiger partial charge in [0.15, 0.2) is 31.3 Å². The number of sulfonamides is 2. The van der Waals surface area contributed by atoms with E-state index < -0.39 is 206 Å². The fraction of sp³-hybridized carbons (Fsp3) is 0.385. The van der Waals surface area contributed by atoms with Crippen LogP contribution < -0.4 is 20.1 Å². The molecule has 0 unspecified atom stereocenters. The van der Waals surface area contributed by atoms with Gasteiger partial charge in [-0.15, -0.1) is 0 Å².